The van der Waals surface area contributed by atoms with Crippen LogP contribution in [-0.2, 0) is 19.6 Å². The van der Waals surface area contributed by atoms with Gasteiger partial charge in [0.05, 0.1) is 10.9 Å². The van der Waals surface area contributed by atoms with E-state index in [-0.39, 0.29) is 16.7 Å². The van der Waals surface area contributed by atoms with Gasteiger partial charge >= 0.3 is 5.97 Å². The summed E-state index contributed by atoms with van der Waals surface area (Å²) in [7, 11) is -3.99. The number of esters is 1. The zero-order valence-corrected chi connectivity index (χ0v) is 21.4. The minimum absolute atomic E-state index is 0.109. The molecular weight excluding hydrogens is 516 g/mol. The van der Waals surface area contributed by atoms with Crippen LogP contribution in [0.25, 0.3) is 0 Å². The molecule has 4 rings (SSSR count). The van der Waals surface area contributed by atoms with E-state index in [1.54, 1.807) is 60.7 Å². The Bertz CT molecular complexity index is 1320. The Morgan fingerprint density at radius 3 is 2.15 bits per heavy atom. The van der Waals surface area contributed by atoms with E-state index >= 15 is 0 Å². The van der Waals surface area contributed by atoms with Crippen molar-refractivity contribution in [3.05, 3.63) is 100 Å². The van der Waals surface area contributed by atoms with Gasteiger partial charge in [0.15, 0.2) is 5.54 Å². The largest absolute Gasteiger partial charge is 0.405 e. The SMILES string of the molecule is Cc1ccc(S(=O)(=O)NC(c2ccc(Br)cc2)[C@@]2(C(C)C)N=C(c3ccccc3)OC2=O)cc1. The van der Waals surface area contributed by atoms with Crippen molar-refractivity contribution < 1.29 is 17.9 Å². The highest BCUT2D eigenvalue weighted by Crippen LogP contribution is 2.42. The summed E-state index contributed by atoms with van der Waals surface area (Å²) >= 11 is 3.42. The van der Waals surface area contributed by atoms with Gasteiger partial charge in [0.2, 0.25) is 15.9 Å². The molecule has 34 heavy (non-hydrogen) atoms. The summed E-state index contributed by atoms with van der Waals surface area (Å²) in [4.78, 5) is 18.4. The predicted octanol–water partition coefficient (Wildman–Crippen LogP) is 5.18. The molecule has 1 aliphatic rings. The molecule has 0 spiro atoms. The van der Waals surface area contributed by atoms with Gasteiger partial charge in [0.1, 0.15) is 0 Å². The van der Waals surface area contributed by atoms with Crippen LogP contribution in [0.15, 0.2) is 93.2 Å². The zero-order chi connectivity index (χ0) is 24.5. The first-order chi connectivity index (χ1) is 16.1. The molecule has 0 saturated heterocycles. The van der Waals surface area contributed by atoms with Crippen molar-refractivity contribution in [2.75, 3.05) is 0 Å². The maximum Gasteiger partial charge on any atom is 0.343 e. The molecule has 0 fully saturated rings. The monoisotopic (exact) mass is 540 g/mol. The minimum Gasteiger partial charge on any atom is -0.405 e. The molecule has 3 aromatic rings. The Morgan fingerprint density at radius 1 is 0.941 bits per heavy atom. The summed E-state index contributed by atoms with van der Waals surface area (Å²) in [6.07, 6.45) is 0. The minimum atomic E-state index is -3.99. The highest BCUT2D eigenvalue weighted by atomic mass is 79.9. The van der Waals surface area contributed by atoms with Crippen molar-refractivity contribution in [2.45, 2.75) is 37.2 Å². The van der Waals surface area contributed by atoms with Gasteiger partial charge in [-0.15, -0.1) is 0 Å². The van der Waals surface area contributed by atoms with Gasteiger partial charge < -0.3 is 4.74 Å². The summed E-state index contributed by atoms with van der Waals surface area (Å²) in [5.41, 5.74) is 0.687. The van der Waals surface area contributed by atoms with Crippen LogP contribution in [0.4, 0.5) is 0 Å². The standard InChI is InChI=1S/C26H25BrN2O4S/c1-17(2)26(25(30)33-24(28-26)20-7-5-4-6-8-20)23(19-11-13-21(27)14-12-19)29-34(31,32)22-15-9-18(3)10-16-22/h4-17,23,29H,1-3H3/t23?,26-/m1/s1. The normalized spacial score (nSPS) is 19.1. The molecule has 6 nitrogen and oxygen atoms in total. The first-order valence-electron chi connectivity index (χ1n) is 10.9. The number of nitrogens with zero attached hydrogens (tertiary/aromatic N) is 1. The number of rotatable bonds is 7. The number of aliphatic imine (C=N–C) groups is 1. The van der Waals surface area contributed by atoms with Crippen molar-refractivity contribution in [1.82, 2.24) is 4.72 Å². The Kier molecular flexibility index (Phi) is 6.75. The Morgan fingerprint density at radius 2 is 1.56 bits per heavy atom. The van der Waals surface area contributed by atoms with Gasteiger partial charge in [-0.25, -0.2) is 22.9 Å². The molecular formula is C26H25BrN2O4S. The molecule has 0 saturated carbocycles. The van der Waals surface area contributed by atoms with Crippen LogP contribution in [0, 0.1) is 12.8 Å². The molecule has 176 valence electrons. The maximum atomic E-state index is 13.5. The van der Waals surface area contributed by atoms with Crippen LogP contribution in [-0.4, -0.2) is 25.8 Å². The number of ether oxygens (including phenoxy) is 1. The van der Waals surface area contributed by atoms with Gasteiger partial charge in [0, 0.05) is 10.0 Å². The van der Waals surface area contributed by atoms with Crippen molar-refractivity contribution >= 4 is 37.8 Å². The van der Waals surface area contributed by atoms with E-state index in [4.69, 9.17) is 9.73 Å². The van der Waals surface area contributed by atoms with Crippen LogP contribution in [0.5, 0.6) is 0 Å². The van der Waals surface area contributed by atoms with Gasteiger partial charge in [-0.2, -0.15) is 0 Å². The van der Waals surface area contributed by atoms with E-state index in [1.165, 1.54) is 0 Å². The predicted molar refractivity (Wildman–Crippen MR) is 135 cm³/mol. The topological polar surface area (TPSA) is 84.8 Å². The molecule has 2 atom stereocenters. The maximum absolute atomic E-state index is 13.5. The molecule has 1 N–H and O–H groups in total. The second kappa shape index (κ2) is 9.44. The van der Waals surface area contributed by atoms with Gasteiger partial charge in [-0.3, -0.25) is 0 Å². The van der Waals surface area contributed by atoms with Gasteiger partial charge in [-0.05, 0) is 54.8 Å². The highest BCUT2D eigenvalue weighted by Gasteiger charge is 2.56. The molecule has 0 amide bonds. The second-order valence-corrected chi connectivity index (χ2v) is 11.2. The average Bonchev–Trinajstić information content (AvgIpc) is 3.17. The first-order valence-corrected chi connectivity index (χ1v) is 13.1. The molecule has 8 heteroatoms. The van der Waals surface area contributed by atoms with E-state index in [1.807, 2.05) is 39.0 Å². The summed E-state index contributed by atoms with van der Waals surface area (Å²) in [6.45, 7) is 5.56. The summed E-state index contributed by atoms with van der Waals surface area (Å²) in [5, 5.41) is 0. The lowest BCUT2D eigenvalue weighted by Gasteiger charge is -2.35. The summed E-state index contributed by atoms with van der Waals surface area (Å²) in [5.74, 6) is -0.799. The van der Waals surface area contributed by atoms with E-state index in [2.05, 4.69) is 20.7 Å². The third-order valence-electron chi connectivity index (χ3n) is 5.95. The number of cyclic esters (lactones) is 1. The molecule has 0 radical (unpaired) electrons. The zero-order valence-electron chi connectivity index (χ0n) is 19.0. The third kappa shape index (κ3) is 4.58. The molecule has 1 aliphatic heterocycles. The van der Waals surface area contributed by atoms with Crippen molar-refractivity contribution in [1.29, 1.82) is 0 Å². The fourth-order valence-electron chi connectivity index (χ4n) is 4.00. The highest BCUT2D eigenvalue weighted by molar-refractivity contribution is 9.10. The first kappa shape index (κ1) is 24.3. The smallest absolute Gasteiger partial charge is 0.343 e. The Hall–Kier alpha value is -2.81. The number of sulfonamides is 1. The second-order valence-electron chi connectivity index (χ2n) is 8.57. The number of nitrogens with one attached hydrogen (secondary N) is 1. The molecule has 0 bridgehead atoms. The van der Waals surface area contributed by atoms with E-state index < -0.39 is 27.6 Å². The van der Waals surface area contributed by atoms with Crippen LogP contribution >= 0.6 is 15.9 Å². The fourth-order valence-corrected chi connectivity index (χ4v) is 5.52. The van der Waals surface area contributed by atoms with Gasteiger partial charge in [-0.1, -0.05) is 77.8 Å². The number of benzene rings is 3. The molecule has 0 aromatic heterocycles. The molecule has 1 heterocycles. The average molecular weight is 541 g/mol. The van der Waals surface area contributed by atoms with Crippen LogP contribution in [0.2, 0.25) is 0 Å². The third-order valence-corrected chi connectivity index (χ3v) is 7.92. The number of halogens is 1. The van der Waals surface area contributed by atoms with Crippen LogP contribution in [0.1, 0.15) is 36.6 Å². The molecule has 3 aromatic carbocycles. The lowest BCUT2D eigenvalue weighted by atomic mass is 9.78. The van der Waals surface area contributed by atoms with E-state index in [0.29, 0.717) is 11.1 Å². The lowest BCUT2D eigenvalue weighted by molar-refractivity contribution is -0.141. The number of carbonyl (C=O) groups is 1. The van der Waals surface area contributed by atoms with Gasteiger partial charge in [0.25, 0.3) is 0 Å². The Labute approximate surface area is 208 Å². The molecule has 1 unspecified atom stereocenters. The summed E-state index contributed by atoms with van der Waals surface area (Å²) < 4.78 is 36.2. The van der Waals surface area contributed by atoms with E-state index in [9.17, 15) is 13.2 Å². The number of hydrogen-bond donors (Lipinski definition) is 1. The quantitative estimate of drug-likeness (QED) is 0.418. The van der Waals surface area contributed by atoms with Crippen molar-refractivity contribution in [2.24, 2.45) is 10.9 Å². The summed E-state index contributed by atoms with van der Waals surface area (Å²) in [6, 6.07) is 21.8. The number of hydrogen-bond acceptors (Lipinski definition) is 5. The van der Waals surface area contributed by atoms with Crippen LogP contribution in [0.3, 0.4) is 0 Å². The fraction of sp³-hybridized carbons (Fsp3) is 0.231. The number of aryl methyl sites for hydroxylation is 1. The number of carbonyl (C=O) groups excluding carboxylic acids is 1. The lowest BCUT2D eigenvalue weighted by Crippen LogP contribution is -2.52. The van der Waals surface area contributed by atoms with Crippen molar-refractivity contribution in [3.8, 4) is 0 Å². The van der Waals surface area contributed by atoms with Crippen LogP contribution < -0.4 is 4.72 Å². The molecule has 0 aliphatic carbocycles. The van der Waals surface area contributed by atoms with Crippen molar-refractivity contribution in [3.63, 3.8) is 0 Å². The Balaban J connectivity index is 1.87. The van der Waals surface area contributed by atoms with E-state index in [0.717, 1.165) is 10.0 Å².